The second-order valence-corrected chi connectivity index (χ2v) is 7.92. The van der Waals surface area contributed by atoms with Gasteiger partial charge in [0.15, 0.2) is 0 Å². The number of fused-ring (bicyclic) bond motifs is 2. The summed E-state index contributed by atoms with van der Waals surface area (Å²) in [5.74, 6) is -0.704. The van der Waals surface area contributed by atoms with Crippen molar-refractivity contribution in [2.45, 2.75) is 12.5 Å². The lowest BCUT2D eigenvalue weighted by Gasteiger charge is -2.18. The number of aryl methyl sites for hydroxylation is 1. The van der Waals surface area contributed by atoms with Gasteiger partial charge in [-0.3, -0.25) is 9.59 Å². The predicted molar refractivity (Wildman–Crippen MR) is 118 cm³/mol. The third-order valence-corrected chi connectivity index (χ3v) is 6.15. The smallest absolute Gasteiger partial charge is 0.268 e. The van der Waals surface area contributed by atoms with Gasteiger partial charge in [-0.1, -0.05) is 36.4 Å². The number of nitriles is 1. The lowest BCUT2D eigenvalue weighted by atomic mass is 10.0. The van der Waals surface area contributed by atoms with E-state index in [4.69, 9.17) is 5.26 Å². The van der Waals surface area contributed by atoms with Gasteiger partial charge in [0.25, 0.3) is 5.91 Å². The number of amides is 2. The number of carbonyl (C=O) groups is 2. The maximum atomic E-state index is 13.0. The Kier molecular flexibility index (Phi) is 5.50. The molecule has 30 heavy (non-hydrogen) atoms. The van der Waals surface area contributed by atoms with Crippen LogP contribution in [0.5, 0.6) is 0 Å². The number of benzene rings is 2. The number of aromatic nitrogens is 1. The van der Waals surface area contributed by atoms with Gasteiger partial charge in [0, 0.05) is 29.1 Å². The zero-order chi connectivity index (χ0) is 21.1. The molecule has 0 aliphatic carbocycles. The van der Waals surface area contributed by atoms with Gasteiger partial charge in [0.2, 0.25) is 5.91 Å². The Morgan fingerprint density at radius 2 is 1.93 bits per heavy atom. The minimum Gasteiger partial charge on any atom is -0.341 e. The highest BCUT2D eigenvalue weighted by Gasteiger charge is 2.24. The largest absolute Gasteiger partial charge is 0.341 e. The summed E-state index contributed by atoms with van der Waals surface area (Å²) in [6.45, 7) is -0.108. The molecule has 7 heteroatoms. The van der Waals surface area contributed by atoms with E-state index in [0.717, 1.165) is 26.6 Å². The van der Waals surface area contributed by atoms with E-state index in [2.05, 4.69) is 10.6 Å². The zero-order valence-corrected chi connectivity index (χ0v) is 17.2. The summed E-state index contributed by atoms with van der Waals surface area (Å²) >= 11 is 1.61. The molecular formula is C23H20N4O2S. The van der Waals surface area contributed by atoms with Gasteiger partial charge in [0.1, 0.15) is 18.3 Å². The van der Waals surface area contributed by atoms with Crippen LogP contribution in [-0.4, -0.2) is 29.0 Å². The lowest BCUT2D eigenvalue weighted by molar-refractivity contribution is -0.122. The second-order valence-electron chi connectivity index (χ2n) is 7.01. The summed E-state index contributed by atoms with van der Waals surface area (Å²) in [4.78, 5) is 25.7. The Balaban J connectivity index is 1.62. The van der Waals surface area contributed by atoms with Crippen molar-refractivity contribution >= 4 is 44.1 Å². The molecule has 0 aliphatic rings. The first-order valence-corrected chi connectivity index (χ1v) is 10.4. The summed E-state index contributed by atoms with van der Waals surface area (Å²) in [6.07, 6.45) is 0.344. The van der Waals surface area contributed by atoms with Gasteiger partial charge in [0.05, 0.1) is 6.07 Å². The van der Waals surface area contributed by atoms with Crippen LogP contribution in [0.1, 0.15) is 16.1 Å². The first-order valence-electron chi connectivity index (χ1n) is 9.53. The molecule has 0 saturated carbocycles. The minimum atomic E-state index is -0.790. The fourth-order valence-electron chi connectivity index (χ4n) is 3.61. The van der Waals surface area contributed by atoms with Crippen LogP contribution in [0.2, 0.25) is 0 Å². The standard InChI is InChI=1S/C23H20N4O2S/c1-27-19-8-4-2-6-15(19)13-20(27)23(29)26-18(22(28)25-11-10-24)12-16-14-30-21-9-5-3-7-17(16)21/h2-9,13-14,18H,11-12H2,1H3,(H,25,28)(H,26,29). The molecule has 0 radical (unpaired) electrons. The van der Waals surface area contributed by atoms with Gasteiger partial charge in [-0.15, -0.1) is 11.3 Å². The molecule has 4 rings (SSSR count). The van der Waals surface area contributed by atoms with Crippen LogP contribution >= 0.6 is 11.3 Å². The highest BCUT2D eigenvalue weighted by molar-refractivity contribution is 7.17. The molecule has 1 unspecified atom stereocenters. The van der Waals surface area contributed by atoms with Crippen molar-refractivity contribution in [1.82, 2.24) is 15.2 Å². The molecular weight excluding hydrogens is 396 g/mol. The first kappa shape index (κ1) is 19.7. The summed E-state index contributed by atoms with van der Waals surface area (Å²) in [6, 6.07) is 18.6. The summed E-state index contributed by atoms with van der Waals surface area (Å²) < 4.78 is 2.94. The summed E-state index contributed by atoms with van der Waals surface area (Å²) in [5, 5.41) is 18.3. The average molecular weight is 417 g/mol. The van der Waals surface area contributed by atoms with E-state index in [1.54, 1.807) is 11.3 Å². The normalized spacial score (nSPS) is 11.9. The molecule has 6 nitrogen and oxygen atoms in total. The monoisotopic (exact) mass is 416 g/mol. The fourth-order valence-corrected chi connectivity index (χ4v) is 4.58. The summed E-state index contributed by atoms with van der Waals surface area (Å²) in [7, 11) is 1.83. The van der Waals surface area contributed by atoms with Gasteiger partial charge < -0.3 is 15.2 Å². The molecule has 0 fully saturated rings. The summed E-state index contributed by atoms with van der Waals surface area (Å²) in [5.41, 5.74) is 2.41. The van der Waals surface area contributed by atoms with Crippen molar-refractivity contribution in [3.05, 3.63) is 71.2 Å². The maximum Gasteiger partial charge on any atom is 0.268 e. The lowest BCUT2D eigenvalue weighted by Crippen LogP contribution is -2.48. The van der Waals surface area contributed by atoms with Crippen LogP contribution in [-0.2, 0) is 18.3 Å². The molecule has 2 amide bonds. The van der Waals surface area contributed by atoms with Crippen LogP contribution < -0.4 is 10.6 Å². The van der Waals surface area contributed by atoms with E-state index >= 15 is 0 Å². The highest BCUT2D eigenvalue weighted by Crippen LogP contribution is 2.27. The van der Waals surface area contributed by atoms with Gasteiger partial charge >= 0.3 is 0 Å². The number of hydrogen-bond donors (Lipinski definition) is 2. The zero-order valence-electron chi connectivity index (χ0n) is 16.4. The van der Waals surface area contributed by atoms with Crippen LogP contribution in [0.3, 0.4) is 0 Å². The Morgan fingerprint density at radius 1 is 1.17 bits per heavy atom. The van der Waals surface area contributed by atoms with Gasteiger partial charge in [-0.25, -0.2) is 0 Å². The van der Waals surface area contributed by atoms with Gasteiger partial charge in [-0.05, 0) is 34.5 Å². The molecule has 0 saturated heterocycles. The fraction of sp³-hybridized carbons (Fsp3) is 0.174. The molecule has 2 aromatic heterocycles. The van der Waals surface area contributed by atoms with Crippen molar-refractivity contribution in [3.63, 3.8) is 0 Å². The molecule has 4 aromatic rings. The maximum absolute atomic E-state index is 13.0. The van der Waals surface area contributed by atoms with E-state index < -0.39 is 6.04 Å². The average Bonchev–Trinajstić information content (AvgIpc) is 3.33. The number of thiophene rings is 1. The first-order chi connectivity index (χ1) is 14.6. The molecule has 0 aliphatic heterocycles. The Hall–Kier alpha value is -3.63. The van der Waals surface area contributed by atoms with Crippen LogP contribution in [0.15, 0.2) is 60.0 Å². The minimum absolute atomic E-state index is 0.108. The van der Waals surface area contributed by atoms with E-state index in [1.807, 2.05) is 77.7 Å². The van der Waals surface area contributed by atoms with E-state index in [9.17, 15) is 9.59 Å². The van der Waals surface area contributed by atoms with Crippen molar-refractivity contribution in [3.8, 4) is 6.07 Å². The number of nitrogens with one attached hydrogen (secondary N) is 2. The van der Waals surface area contributed by atoms with Gasteiger partial charge in [-0.2, -0.15) is 5.26 Å². The molecule has 1 atom stereocenters. The molecule has 0 spiro atoms. The number of rotatable bonds is 6. The Morgan fingerprint density at radius 3 is 2.73 bits per heavy atom. The highest BCUT2D eigenvalue weighted by atomic mass is 32.1. The Labute approximate surface area is 177 Å². The molecule has 2 aromatic carbocycles. The van der Waals surface area contributed by atoms with Crippen molar-refractivity contribution in [1.29, 1.82) is 5.26 Å². The topological polar surface area (TPSA) is 86.9 Å². The number of nitrogens with zero attached hydrogens (tertiary/aromatic N) is 2. The number of hydrogen-bond acceptors (Lipinski definition) is 4. The Bertz CT molecular complexity index is 1280. The van der Waals surface area contributed by atoms with Crippen molar-refractivity contribution in [2.24, 2.45) is 7.05 Å². The second kappa shape index (κ2) is 8.39. The van der Waals surface area contributed by atoms with Crippen LogP contribution in [0.25, 0.3) is 21.0 Å². The predicted octanol–water partition coefficient (Wildman–Crippen LogP) is 3.37. The molecule has 2 N–H and O–H groups in total. The van der Waals surface area contributed by atoms with E-state index in [0.29, 0.717) is 12.1 Å². The molecule has 0 bridgehead atoms. The number of carbonyl (C=O) groups excluding carboxylic acids is 2. The quantitative estimate of drug-likeness (QED) is 0.473. The molecule has 150 valence electrons. The third-order valence-electron chi connectivity index (χ3n) is 5.13. The van der Waals surface area contributed by atoms with E-state index in [1.165, 1.54) is 0 Å². The molecule has 2 heterocycles. The van der Waals surface area contributed by atoms with Crippen LogP contribution in [0, 0.1) is 11.3 Å². The third kappa shape index (κ3) is 3.78. The SMILES string of the molecule is Cn1c(C(=O)NC(Cc2csc3ccccc23)C(=O)NCC#N)cc2ccccc21. The van der Waals surface area contributed by atoms with Crippen molar-refractivity contribution in [2.75, 3.05) is 6.54 Å². The number of para-hydroxylation sites is 1. The van der Waals surface area contributed by atoms with Crippen LogP contribution in [0.4, 0.5) is 0 Å². The van der Waals surface area contributed by atoms with E-state index in [-0.39, 0.29) is 18.4 Å². The van der Waals surface area contributed by atoms with Crippen molar-refractivity contribution < 1.29 is 9.59 Å².